The minimum atomic E-state index is -1.23. The molecule has 3 aromatic carbocycles. The number of nitrogens with zero attached hydrogens (tertiary/aromatic N) is 2. The number of para-hydroxylation sites is 1. The van der Waals surface area contributed by atoms with Gasteiger partial charge in [-0.25, -0.2) is 0 Å². The second-order valence-corrected chi connectivity index (χ2v) is 8.05. The summed E-state index contributed by atoms with van der Waals surface area (Å²) in [7, 11) is 0. The predicted octanol–water partition coefficient (Wildman–Crippen LogP) is 6.30. The largest absolute Gasteiger partial charge is 0.482 e. The van der Waals surface area contributed by atoms with E-state index in [2.05, 4.69) is 10.2 Å². The molecular weight excluding hydrogens is 407 g/mol. The van der Waals surface area contributed by atoms with Gasteiger partial charge in [-0.15, -0.1) is 0 Å². The third-order valence-corrected chi connectivity index (χ3v) is 6.17. The maximum absolute atomic E-state index is 13.9. The molecule has 0 fully saturated rings. The molecule has 3 atom stereocenters. The summed E-state index contributed by atoms with van der Waals surface area (Å²) in [4.78, 5) is 13.9. The number of rotatable bonds is 2. The molecular formula is C23H16Cl2N2O2. The Hall–Kier alpha value is -2.69. The lowest BCUT2D eigenvalue weighted by atomic mass is 9.69. The first-order valence-corrected chi connectivity index (χ1v) is 10.1. The van der Waals surface area contributed by atoms with Gasteiger partial charge in [0.05, 0.1) is 12.1 Å². The third kappa shape index (κ3) is 2.78. The highest BCUT2D eigenvalue weighted by atomic mass is 35.5. The fraction of sp³-hybridized carbons (Fsp3) is 0.174. The molecule has 0 amide bonds. The fourth-order valence-corrected chi connectivity index (χ4v) is 4.81. The van der Waals surface area contributed by atoms with E-state index in [1.54, 1.807) is 18.2 Å². The maximum atomic E-state index is 13.9. The summed E-state index contributed by atoms with van der Waals surface area (Å²) in [5, 5.41) is 9.89. The molecule has 6 heteroatoms. The molecule has 0 aromatic heterocycles. The Morgan fingerprint density at radius 2 is 1.72 bits per heavy atom. The second-order valence-electron chi connectivity index (χ2n) is 7.20. The number of fused-ring (bicyclic) bond motifs is 1. The molecule has 0 aliphatic carbocycles. The molecule has 0 saturated heterocycles. The van der Waals surface area contributed by atoms with Crippen molar-refractivity contribution < 1.29 is 9.53 Å². The van der Waals surface area contributed by atoms with Crippen LogP contribution in [0, 0.1) is 0 Å². The molecule has 0 N–H and O–H groups in total. The van der Waals surface area contributed by atoms with Crippen molar-refractivity contribution in [1.82, 2.24) is 0 Å². The molecule has 5 rings (SSSR count). The Kier molecular flexibility index (Phi) is 4.41. The molecule has 1 spiro atoms. The Balaban J connectivity index is 1.74. The number of Topliss-reactive ketones (excluding diaryl/α,β-unsaturated/α-hetero) is 1. The third-order valence-electron chi connectivity index (χ3n) is 5.61. The van der Waals surface area contributed by atoms with E-state index >= 15 is 0 Å². The maximum Gasteiger partial charge on any atom is 0.200 e. The zero-order valence-corrected chi connectivity index (χ0v) is 16.8. The fourth-order valence-electron chi connectivity index (χ4n) is 4.27. The molecule has 29 heavy (non-hydrogen) atoms. The van der Waals surface area contributed by atoms with E-state index in [-0.39, 0.29) is 11.7 Å². The van der Waals surface area contributed by atoms with Gasteiger partial charge in [0, 0.05) is 16.0 Å². The summed E-state index contributed by atoms with van der Waals surface area (Å²) in [5.74, 6) is 0.0869. The molecule has 0 bridgehead atoms. The highest BCUT2D eigenvalue weighted by Crippen LogP contribution is 2.53. The lowest BCUT2D eigenvalue weighted by Crippen LogP contribution is -2.51. The van der Waals surface area contributed by atoms with Crippen molar-refractivity contribution in [3.63, 3.8) is 0 Å². The Morgan fingerprint density at radius 3 is 2.52 bits per heavy atom. The molecule has 3 aromatic rings. The second kappa shape index (κ2) is 6.97. The van der Waals surface area contributed by atoms with E-state index in [4.69, 9.17) is 27.9 Å². The zero-order valence-electron chi connectivity index (χ0n) is 15.3. The monoisotopic (exact) mass is 422 g/mol. The minimum absolute atomic E-state index is 0.106. The standard InChI is InChI=1S/C23H16Cl2N2O2/c24-15-10-11-16(19(25)12-15)18-13-26-27-23(18)21(28)17-8-4-5-9-20(17)29-22(23)14-6-2-1-3-7-14/h1-12,18,22H,13H2/t18-,22-,23-/m1/s1. The average molecular weight is 423 g/mol. The molecule has 4 nitrogen and oxygen atoms in total. The van der Waals surface area contributed by atoms with Crippen LogP contribution in [0.25, 0.3) is 0 Å². The van der Waals surface area contributed by atoms with Crippen LogP contribution >= 0.6 is 23.2 Å². The van der Waals surface area contributed by atoms with Crippen molar-refractivity contribution in [3.05, 3.63) is 99.5 Å². The van der Waals surface area contributed by atoms with Crippen LogP contribution in [0.5, 0.6) is 5.75 Å². The molecule has 144 valence electrons. The van der Waals surface area contributed by atoms with Gasteiger partial charge in [-0.3, -0.25) is 4.79 Å². The lowest BCUT2D eigenvalue weighted by molar-refractivity contribution is 0.0522. The zero-order chi connectivity index (χ0) is 20.0. The first-order chi connectivity index (χ1) is 14.1. The van der Waals surface area contributed by atoms with Gasteiger partial charge in [-0.1, -0.05) is 71.7 Å². The summed E-state index contributed by atoms with van der Waals surface area (Å²) in [6, 6.07) is 22.2. The molecule has 0 saturated carbocycles. The van der Waals surface area contributed by atoms with E-state index in [0.717, 1.165) is 11.1 Å². The van der Waals surface area contributed by atoms with E-state index in [9.17, 15) is 4.79 Å². The summed E-state index contributed by atoms with van der Waals surface area (Å²) in [5.41, 5.74) is 0.938. The topological polar surface area (TPSA) is 51.0 Å². The molecule has 0 unspecified atom stereocenters. The van der Waals surface area contributed by atoms with Crippen LogP contribution in [0.1, 0.15) is 33.5 Å². The van der Waals surface area contributed by atoms with Gasteiger partial charge in [0.25, 0.3) is 0 Å². The number of carbonyl (C=O) groups excluding carboxylic acids is 1. The Morgan fingerprint density at radius 1 is 0.966 bits per heavy atom. The first kappa shape index (κ1) is 18.3. The van der Waals surface area contributed by atoms with E-state index in [1.165, 1.54) is 0 Å². The average Bonchev–Trinajstić information content (AvgIpc) is 3.17. The van der Waals surface area contributed by atoms with Crippen molar-refractivity contribution in [1.29, 1.82) is 0 Å². The van der Waals surface area contributed by atoms with Gasteiger partial charge < -0.3 is 4.74 Å². The van der Waals surface area contributed by atoms with Crippen LogP contribution in [0.15, 0.2) is 83.0 Å². The van der Waals surface area contributed by atoms with Crippen molar-refractivity contribution in [2.45, 2.75) is 17.6 Å². The highest BCUT2D eigenvalue weighted by molar-refractivity contribution is 6.35. The molecule has 0 radical (unpaired) electrons. The number of halogens is 2. The summed E-state index contributed by atoms with van der Waals surface area (Å²) >= 11 is 12.6. The van der Waals surface area contributed by atoms with E-state index < -0.39 is 11.6 Å². The van der Waals surface area contributed by atoms with Gasteiger partial charge >= 0.3 is 0 Å². The number of carbonyl (C=O) groups is 1. The normalized spacial score (nSPS) is 25.1. The van der Waals surface area contributed by atoms with Crippen LogP contribution in [0.2, 0.25) is 10.0 Å². The lowest BCUT2D eigenvalue weighted by Gasteiger charge is -2.41. The van der Waals surface area contributed by atoms with E-state index in [0.29, 0.717) is 27.9 Å². The van der Waals surface area contributed by atoms with Gasteiger partial charge in [0.1, 0.15) is 5.75 Å². The number of hydrogen-bond acceptors (Lipinski definition) is 4. The van der Waals surface area contributed by atoms with Crippen molar-refractivity contribution in [2.75, 3.05) is 6.54 Å². The van der Waals surface area contributed by atoms with Crippen LogP contribution in [-0.2, 0) is 0 Å². The highest BCUT2D eigenvalue weighted by Gasteiger charge is 2.60. The van der Waals surface area contributed by atoms with Crippen molar-refractivity contribution in [3.8, 4) is 5.75 Å². The van der Waals surface area contributed by atoms with Crippen LogP contribution in [0.4, 0.5) is 0 Å². The molecule has 2 aliphatic heterocycles. The van der Waals surface area contributed by atoms with Crippen LogP contribution < -0.4 is 4.74 Å². The van der Waals surface area contributed by atoms with Gasteiger partial charge in [0.2, 0.25) is 5.78 Å². The number of azo groups is 1. The minimum Gasteiger partial charge on any atom is -0.482 e. The number of ether oxygens (including phenoxy) is 1. The van der Waals surface area contributed by atoms with Crippen LogP contribution in [0.3, 0.4) is 0 Å². The van der Waals surface area contributed by atoms with E-state index in [1.807, 2.05) is 54.6 Å². The predicted molar refractivity (Wildman–Crippen MR) is 112 cm³/mol. The summed E-state index contributed by atoms with van der Waals surface area (Å²) in [6.07, 6.45) is -0.617. The van der Waals surface area contributed by atoms with Crippen LogP contribution in [-0.4, -0.2) is 17.9 Å². The number of hydrogen-bond donors (Lipinski definition) is 0. The van der Waals surface area contributed by atoms with Gasteiger partial charge in [0.15, 0.2) is 11.6 Å². The van der Waals surface area contributed by atoms with Crippen molar-refractivity contribution >= 4 is 29.0 Å². The quantitative estimate of drug-likeness (QED) is 0.486. The van der Waals surface area contributed by atoms with Gasteiger partial charge in [-0.2, -0.15) is 10.2 Å². The summed E-state index contributed by atoms with van der Waals surface area (Å²) in [6.45, 7) is 0.349. The van der Waals surface area contributed by atoms with Crippen molar-refractivity contribution in [2.24, 2.45) is 10.2 Å². The summed E-state index contributed by atoms with van der Waals surface area (Å²) < 4.78 is 6.40. The Bertz CT molecular complexity index is 1130. The number of ketones is 1. The number of benzene rings is 3. The Labute approximate surface area is 178 Å². The first-order valence-electron chi connectivity index (χ1n) is 9.30. The smallest absolute Gasteiger partial charge is 0.200 e. The van der Waals surface area contributed by atoms with Gasteiger partial charge in [-0.05, 0) is 35.4 Å². The SMILES string of the molecule is O=C1c2ccccc2O[C@H](c2ccccc2)[C@]12N=NC[C@@H]2c1ccc(Cl)cc1Cl. The molecule has 2 aliphatic rings. The molecule has 2 heterocycles.